The van der Waals surface area contributed by atoms with Crippen molar-refractivity contribution in [3.05, 3.63) is 24.0 Å². The lowest BCUT2D eigenvalue weighted by atomic mass is 10.1. The molecule has 0 amide bonds. The molecule has 6 heteroatoms. The van der Waals surface area contributed by atoms with Crippen LogP contribution in [0.25, 0.3) is 0 Å². The first-order chi connectivity index (χ1) is 9.35. The zero-order valence-corrected chi connectivity index (χ0v) is 12.4. The molecule has 0 aromatic carbocycles. The number of hydrogen-bond acceptors (Lipinski definition) is 4. The number of aromatic nitrogens is 1. The third kappa shape index (κ3) is 3.57. The van der Waals surface area contributed by atoms with Crippen molar-refractivity contribution in [2.45, 2.75) is 25.2 Å². The number of pyridine rings is 1. The number of nitrogens with zero attached hydrogens (tertiary/aromatic N) is 1. The Labute approximate surface area is 119 Å². The van der Waals surface area contributed by atoms with Crippen molar-refractivity contribution < 1.29 is 13.5 Å². The molecular formula is C14H18N2O3S. The standard InChI is InChI=1S/C14H18N2O3S/c1-14(2)7-12(14)9-16-20(18,19)13-6-11(4-3-5-17)8-15-10-13/h6,8,10,12,16-17H,5,7,9H2,1-2H3. The average Bonchev–Trinajstić information content (AvgIpc) is 3.02. The van der Waals surface area contributed by atoms with Crippen LogP contribution in [0, 0.1) is 23.2 Å². The van der Waals surface area contributed by atoms with Gasteiger partial charge in [0.2, 0.25) is 10.0 Å². The Morgan fingerprint density at radius 3 is 2.80 bits per heavy atom. The van der Waals surface area contributed by atoms with E-state index in [0.717, 1.165) is 6.42 Å². The van der Waals surface area contributed by atoms with Gasteiger partial charge in [-0.3, -0.25) is 4.98 Å². The second kappa shape index (κ2) is 5.52. The van der Waals surface area contributed by atoms with E-state index < -0.39 is 10.0 Å². The molecule has 1 aliphatic carbocycles. The second-order valence-electron chi connectivity index (χ2n) is 5.61. The van der Waals surface area contributed by atoms with Gasteiger partial charge in [-0.05, 0) is 23.8 Å². The highest BCUT2D eigenvalue weighted by atomic mass is 32.2. The summed E-state index contributed by atoms with van der Waals surface area (Å²) in [5, 5.41) is 8.63. The highest BCUT2D eigenvalue weighted by Crippen LogP contribution is 2.51. The SMILES string of the molecule is CC1(C)CC1CNS(=O)(=O)c1cncc(C#CCO)c1. The maximum absolute atomic E-state index is 12.2. The van der Waals surface area contributed by atoms with E-state index in [1.807, 2.05) is 0 Å². The summed E-state index contributed by atoms with van der Waals surface area (Å²) < 4.78 is 26.9. The molecular weight excluding hydrogens is 276 g/mol. The predicted molar refractivity (Wildman–Crippen MR) is 75.3 cm³/mol. The van der Waals surface area contributed by atoms with Crippen molar-refractivity contribution in [1.82, 2.24) is 9.71 Å². The van der Waals surface area contributed by atoms with Gasteiger partial charge in [-0.15, -0.1) is 0 Å². The Balaban J connectivity index is 2.09. The Bertz CT molecular complexity index is 656. The fourth-order valence-electron chi connectivity index (χ4n) is 1.99. The van der Waals surface area contributed by atoms with Gasteiger partial charge >= 0.3 is 0 Å². The van der Waals surface area contributed by atoms with Crippen LogP contribution in [0.15, 0.2) is 23.4 Å². The van der Waals surface area contributed by atoms with Gasteiger partial charge in [0.25, 0.3) is 0 Å². The molecule has 108 valence electrons. The van der Waals surface area contributed by atoms with Crippen LogP contribution in [-0.2, 0) is 10.0 Å². The average molecular weight is 294 g/mol. The highest BCUT2D eigenvalue weighted by Gasteiger charge is 2.45. The summed E-state index contributed by atoms with van der Waals surface area (Å²) >= 11 is 0. The van der Waals surface area contributed by atoms with Gasteiger partial charge in [0, 0.05) is 24.5 Å². The van der Waals surface area contributed by atoms with Crippen LogP contribution < -0.4 is 4.72 Å². The van der Waals surface area contributed by atoms with E-state index in [-0.39, 0.29) is 16.9 Å². The van der Waals surface area contributed by atoms with Crippen LogP contribution in [0.2, 0.25) is 0 Å². The van der Waals surface area contributed by atoms with E-state index in [2.05, 4.69) is 35.4 Å². The van der Waals surface area contributed by atoms with Gasteiger partial charge < -0.3 is 5.11 Å². The van der Waals surface area contributed by atoms with Crippen LogP contribution in [0.5, 0.6) is 0 Å². The van der Waals surface area contributed by atoms with Gasteiger partial charge in [0.05, 0.1) is 0 Å². The monoisotopic (exact) mass is 294 g/mol. The predicted octanol–water partition coefficient (Wildman–Crippen LogP) is 0.750. The number of aliphatic hydroxyl groups excluding tert-OH is 1. The molecule has 0 aliphatic heterocycles. The second-order valence-corrected chi connectivity index (χ2v) is 7.38. The third-order valence-electron chi connectivity index (χ3n) is 3.57. The van der Waals surface area contributed by atoms with Crippen molar-refractivity contribution in [3.63, 3.8) is 0 Å². The normalized spacial score (nSPS) is 20.1. The van der Waals surface area contributed by atoms with Crippen molar-refractivity contribution in [2.75, 3.05) is 13.2 Å². The number of hydrogen-bond donors (Lipinski definition) is 2. The quantitative estimate of drug-likeness (QED) is 0.803. The summed E-state index contributed by atoms with van der Waals surface area (Å²) in [4.78, 5) is 3.97. The van der Waals surface area contributed by atoms with Crippen LogP contribution in [0.3, 0.4) is 0 Å². The number of sulfonamides is 1. The lowest BCUT2D eigenvalue weighted by Gasteiger charge is -2.07. The fraction of sp³-hybridized carbons (Fsp3) is 0.500. The molecule has 1 unspecified atom stereocenters. The Hall–Kier alpha value is -1.42. The molecule has 1 heterocycles. The summed E-state index contributed by atoms with van der Waals surface area (Å²) in [5.41, 5.74) is 0.698. The third-order valence-corrected chi connectivity index (χ3v) is 4.96. The maximum atomic E-state index is 12.2. The first-order valence-corrected chi connectivity index (χ1v) is 7.88. The molecule has 1 atom stereocenters. The first kappa shape index (κ1) is 15.0. The molecule has 0 bridgehead atoms. The van der Waals surface area contributed by atoms with Gasteiger partial charge in [-0.25, -0.2) is 13.1 Å². The molecule has 0 saturated heterocycles. The van der Waals surface area contributed by atoms with E-state index >= 15 is 0 Å². The topological polar surface area (TPSA) is 79.3 Å². The van der Waals surface area contributed by atoms with Crippen molar-refractivity contribution in [2.24, 2.45) is 11.3 Å². The molecule has 0 spiro atoms. The van der Waals surface area contributed by atoms with Crippen LogP contribution in [-0.4, -0.2) is 31.7 Å². The number of rotatable bonds is 4. The Kier molecular flexibility index (Phi) is 4.14. The van der Waals surface area contributed by atoms with E-state index in [1.165, 1.54) is 18.5 Å². The molecule has 20 heavy (non-hydrogen) atoms. The first-order valence-electron chi connectivity index (χ1n) is 6.39. The van der Waals surface area contributed by atoms with Gasteiger partial charge in [0.15, 0.2) is 0 Å². The molecule has 2 rings (SSSR count). The van der Waals surface area contributed by atoms with Gasteiger partial charge in [-0.2, -0.15) is 0 Å². The van der Waals surface area contributed by atoms with Crippen LogP contribution in [0.1, 0.15) is 25.8 Å². The summed E-state index contributed by atoms with van der Waals surface area (Å²) in [6.07, 6.45) is 3.80. The smallest absolute Gasteiger partial charge is 0.242 e. The zero-order chi connectivity index (χ0) is 14.8. The minimum atomic E-state index is -3.56. The zero-order valence-electron chi connectivity index (χ0n) is 11.5. The number of aliphatic hydroxyl groups is 1. The molecule has 0 radical (unpaired) electrons. The fourth-order valence-corrected chi connectivity index (χ4v) is 3.06. The molecule has 1 aromatic heterocycles. The Morgan fingerprint density at radius 1 is 1.50 bits per heavy atom. The molecule has 2 N–H and O–H groups in total. The molecule has 1 aromatic rings. The maximum Gasteiger partial charge on any atom is 0.242 e. The largest absolute Gasteiger partial charge is 0.384 e. The molecule has 1 fully saturated rings. The van der Waals surface area contributed by atoms with E-state index in [1.54, 1.807) is 0 Å². The minimum absolute atomic E-state index is 0.0979. The summed E-state index contributed by atoms with van der Waals surface area (Å²) in [6, 6.07) is 1.45. The lowest BCUT2D eigenvalue weighted by Crippen LogP contribution is -2.27. The highest BCUT2D eigenvalue weighted by molar-refractivity contribution is 7.89. The molecule has 1 saturated carbocycles. The van der Waals surface area contributed by atoms with Crippen molar-refractivity contribution >= 4 is 10.0 Å². The van der Waals surface area contributed by atoms with Crippen molar-refractivity contribution in [3.8, 4) is 11.8 Å². The van der Waals surface area contributed by atoms with Crippen LogP contribution in [0.4, 0.5) is 0 Å². The molecule has 1 aliphatic rings. The van der Waals surface area contributed by atoms with Gasteiger partial charge in [-0.1, -0.05) is 25.7 Å². The van der Waals surface area contributed by atoms with Crippen LogP contribution >= 0.6 is 0 Å². The lowest BCUT2D eigenvalue weighted by molar-refractivity contribution is 0.350. The van der Waals surface area contributed by atoms with Gasteiger partial charge in [0.1, 0.15) is 11.5 Å². The number of nitrogens with one attached hydrogen (secondary N) is 1. The van der Waals surface area contributed by atoms with E-state index in [0.29, 0.717) is 18.0 Å². The van der Waals surface area contributed by atoms with E-state index in [9.17, 15) is 8.42 Å². The summed E-state index contributed by atoms with van der Waals surface area (Å²) in [6.45, 7) is 4.42. The Morgan fingerprint density at radius 2 is 2.20 bits per heavy atom. The summed E-state index contributed by atoms with van der Waals surface area (Å²) in [7, 11) is -3.56. The molecule has 5 nitrogen and oxygen atoms in total. The minimum Gasteiger partial charge on any atom is -0.384 e. The van der Waals surface area contributed by atoms with Crippen molar-refractivity contribution in [1.29, 1.82) is 0 Å². The van der Waals surface area contributed by atoms with E-state index in [4.69, 9.17) is 5.11 Å². The summed E-state index contributed by atoms with van der Waals surface area (Å²) in [5.74, 6) is 5.50.